The quantitative estimate of drug-likeness (QED) is 0.686. The maximum Gasteiger partial charge on any atom is 0.298 e. The fourth-order valence-corrected chi connectivity index (χ4v) is 1.04. The highest BCUT2D eigenvalue weighted by atomic mass is 16.5. The van der Waals surface area contributed by atoms with E-state index in [0.717, 1.165) is 11.4 Å². The Hall–Kier alpha value is -1.71. The molecule has 0 aromatic heterocycles. The van der Waals surface area contributed by atoms with Gasteiger partial charge in [-0.05, 0) is 18.2 Å². The molecule has 0 unspecified atom stereocenters. The Kier molecular flexibility index (Phi) is 3.14. The normalized spacial score (nSPS) is 9.08. The van der Waals surface area contributed by atoms with Crippen molar-refractivity contribution in [3.63, 3.8) is 0 Å². The van der Waals surface area contributed by atoms with Crippen LogP contribution in [0.1, 0.15) is 0 Å². The van der Waals surface area contributed by atoms with Gasteiger partial charge in [-0.3, -0.25) is 4.79 Å². The zero-order chi connectivity index (χ0) is 9.68. The second kappa shape index (κ2) is 4.35. The summed E-state index contributed by atoms with van der Waals surface area (Å²) >= 11 is 0. The van der Waals surface area contributed by atoms with Gasteiger partial charge in [-0.1, -0.05) is 0 Å². The number of anilines is 2. The van der Waals surface area contributed by atoms with E-state index < -0.39 is 0 Å². The average molecular weight is 180 g/mol. The molecule has 0 aliphatic rings. The topological polar surface area (TPSA) is 50.4 Å². The van der Waals surface area contributed by atoms with Gasteiger partial charge < -0.3 is 15.4 Å². The smallest absolute Gasteiger partial charge is 0.298 e. The number of benzene rings is 1. The minimum Gasteiger partial charge on any atom is -0.427 e. The molecule has 1 aromatic carbocycles. The van der Waals surface area contributed by atoms with Crippen molar-refractivity contribution in [2.45, 2.75) is 0 Å². The van der Waals surface area contributed by atoms with Gasteiger partial charge in [0.2, 0.25) is 0 Å². The molecule has 0 saturated carbocycles. The summed E-state index contributed by atoms with van der Waals surface area (Å²) in [6.07, 6.45) is 0. The van der Waals surface area contributed by atoms with Crippen molar-refractivity contribution in [1.29, 1.82) is 0 Å². The van der Waals surface area contributed by atoms with Crippen LogP contribution in [0.2, 0.25) is 0 Å². The summed E-state index contributed by atoms with van der Waals surface area (Å²) in [5.41, 5.74) is 1.74. The van der Waals surface area contributed by atoms with E-state index in [1.54, 1.807) is 13.1 Å². The van der Waals surface area contributed by atoms with Gasteiger partial charge in [-0.25, -0.2) is 0 Å². The number of ether oxygens (including phenoxy) is 1. The molecule has 13 heavy (non-hydrogen) atoms. The monoisotopic (exact) mass is 180 g/mol. The van der Waals surface area contributed by atoms with Crippen LogP contribution in [0.15, 0.2) is 18.2 Å². The van der Waals surface area contributed by atoms with Crippen molar-refractivity contribution in [3.05, 3.63) is 18.2 Å². The molecule has 0 aliphatic carbocycles. The van der Waals surface area contributed by atoms with Crippen molar-refractivity contribution in [3.8, 4) is 5.75 Å². The molecule has 0 heterocycles. The maximum atomic E-state index is 10.1. The molecule has 0 amide bonds. The molecule has 0 fully saturated rings. The van der Waals surface area contributed by atoms with Crippen LogP contribution in [0.25, 0.3) is 0 Å². The number of carbonyl (C=O) groups excluding carboxylic acids is 1. The first kappa shape index (κ1) is 9.38. The van der Waals surface area contributed by atoms with Gasteiger partial charge in [-0.15, -0.1) is 0 Å². The lowest BCUT2D eigenvalue weighted by Crippen LogP contribution is -1.97. The third-order valence-electron chi connectivity index (χ3n) is 1.71. The predicted octanol–water partition coefficient (Wildman–Crippen LogP) is 1.31. The van der Waals surface area contributed by atoms with Crippen molar-refractivity contribution >= 4 is 17.8 Å². The summed E-state index contributed by atoms with van der Waals surface area (Å²) in [7, 11) is 3.60. The van der Waals surface area contributed by atoms with Crippen LogP contribution in [-0.4, -0.2) is 20.6 Å². The van der Waals surface area contributed by atoms with Gasteiger partial charge in [0, 0.05) is 19.8 Å². The van der Waals surface area contributed by atoms with E-state index in [9.17, 15) is 4.79 Å². The van der Waals surface area contributed by atoms with Crippen LogP contribution in [-0.2, 0) is 4.79 Å². The first-order valence-electron chi connectivity index (χ1n) is 3.91. The summed E-state index contributed by atoms with van der Waals surface area (Å²) in [5.74, 6) is 0.525. The standard InChI is InChI=1S/C9H12N2O2/c1-10-7-3-4-9(13-6-12)8(5-7)11-2/h3-6,10-11H,1-2H3. The van der Waals surface area contributed by atoms with Gasteiger partial charge in [0.1, 0.15) is 0 Å². The summed E-state index contributed by atoms with van der Waals surface area (Å²) in [6, 6.07) is 5.42. The number of carbonyl (C=O) groups is 1. The summed E-state index contributed by atoms with van der Waals surface area (Å²) in [5, 5.41) is 5.92. The summed E-state index contributed by atoms with van der Waals surface area (Å²) in [4.78, 5) is 10.1. The fraction of sp³-hybridized carbons (Fsp3) is 0.222. The number of rotatable bonds is 4. The largest absolute Gasteiger partial charge is 0.427 e. The Morgan fingerprint density at radius 3 is 2.62 bits per heavy atom. The second-order valence-electron chi connectivity index (χ2n) is 2.43. The van der Waals surface area contributed by atoms with E-state index in [1.165, 1.54) is 0 Å². The van der Waals surface area contributed by atoms with Gasteiger partial charge >= 0.3 is 0 Å². The SMILES string of the molecule is CNc1ccc(OC=O)c(NC)c1. The molecule has 4 heteroatoms. The minimum atomic E-state index is 0.412. The molecular formula is C9H12N2O2. The first-order chi connectivity index (χ1) is 6.31. The molecule has 70 valence electrons. The number of hydrogen-bond donors (Lipinski definition) is 2. The van der Waals surface area contributed by atoms with E-state index in [1.807, 2.05) is 19.2 Å². The van der Waals surface area contributed by atoms with Crippen molar-refractivity contribution in [2.24, 2.45) is 0 Å². The van der Waals surface area contributed by atoms with Crippen LogP contribution >= 0.6 is 0 Å². The highest BCUT2D eigenvalue weighted by Crippen LogP contribution is 2.26. The van der Waals surface area contributed by atoms with E-state index in [2.05, 4.69) is 10.6 Å². The fourth-order valence-electron chi connectivity index (χ4n) is 1.04. The molecule has 0 aliphatic heterocycles. The molecular weight excluding hydrogens is 168 g/mol. The van der Waals surface area contributed by atoms with E-state index in [0.29, 0.717) is 12.2 Å². The van der Waals surface area contributed by atoms with Gasteiger partial charge in [0.05, 0.1) is 5.69 Å². The zero-order valence-corrected chi connectivity index (χ0v) is 7.63. The highest BCUT2D eigenvalue weighted by Gasteiger charge is 2.01. The Bertz CT molecular complexity index is 300. The average Bonchev–Trinajstić information content (AvgIpc) is 2.19. The highest BCUT2D eigenvalue weighted by molar-refractivity contribution is 5.66. The third-order valence-corrected chi connectivity index (χ3v) is 1.71. The molecule has 2 N–H and O–H groups in total. The van der Waals surface area contributed by atoms with Crippen LogP contribution in [0.3, 0.4) is 0 Å². The van der Waals surface area contributed by atoms with Crippen LogP contribution in [0, 0.1) is 0 Å². The maximum absolute atomic E-state index is 10.1. The van der Waals surface area contributed by atoms with Crippen LogP contribution in [0.5, 0.6) is 5.75 Å². The number of hydrogen-bond acceptors (Lipinski definition) is 4. The molecule has 0 spiro atoms. The van der Waals surface area contributed by atoms with Gasteiger partial charge in [0.15, 0.2) is 5.75 Å². The van der Waals surface area contributed by atoms with Crippen LogP contribution in [0.4, 0.5) is 11.4 Å². The first-order valence-corrected chi connectivity index (χ1v) is 3.91. The van der Waals surface area contributed by atoms with Crippen molar-refractivity contribution < 1.29 is 9.53 Å². The van der Waals surface area contributed by atoms with E-state index >= 15 is 0 Å². The molecule has 0 atom stereocenters. The molecule has 0 radical (unpaired) electrons. The second-order valence-corrected chi connectivity index (χ2v) is 2.43. The Labute approximate surface area is 76.9 Å². The minimum absolute atomic E-state index is 0.412. The summed E-state index contributed by atoms with van der Waals surface area (Å²) in [6.45, 7) is 0.412. The molecule has 1 aromatic rings. The van der Waals surface area contributed by atoms with Crippen molar-refractivity contribution in [2.75, 3.05) is 24.7 Å². The molecule has 4 nitrogen and oxygen atoms in total. The Morgan fingerprint density at radius 1 is 1.31 bits per heavy atom. The van der Waals surface area contributed by atoms with Crippen molar-refractivity contribution in [1.82, 2.24) is 0 Å². The van der Waals surface area contributed by atoms with Gasteiger partial charge in [-0.2, -0.15) is 0 Å². The van der Waals surface area contributed by atoms with E-state index in [4.69, 9.17) is 4.74 Å². The predicted molar refractivity (Wildman–Crippen MR) is 52.2 cm³/mol. The summed E-state index contributed by atoms with van der Waals surface area (Å²) < 4.78 is 4.76. The van der Waals surface area contributed by atoms with Crippen LogP contribution < -0.4 is 15.4 Å². The Balaban J connectivity index is 3.00. The third kappa shape index (κ3) is 2.11. The number of nitrogens with one attached hydrogen (secondary N) is 2. The lowest BCUT2D eigenvalue weighted by molar-refractivity contribution is -0.120. The van der Waals surface area contributed by atoms with Gasteiger partial charge in [0.25, 0.3) is 6.47 Å². The lowest BCUT2D eigenvalue weighted by Gasteiger charge is -2.08. The molecule has 0 bridgehead atoms. The van der Waals surface area contributed by atoms with E-state index in [-0.39, 0.29) is 0 Å². The Morgan fingerprint density at radius 2 is 2.08 bits per heavy atom. The molecule has 1 rings (SSSR count). The lowest BCUT2D eigenvalue weighted by atomic mass is 10.2. The zero-order valence-electron chi connectivity index (χ0n) is 7.63. The molecule has 0 saturated heterocycles.